The summed E-state index contributed by atoms with van der Waals surface area (Å²) in [7, 11) is 0. The fourth-order valence-corrected chi connectivity index (χ4v) is 5.45. The lowest BCUT2D eigenvalue weighted by Crippen LogP contribution is -2.23. The third kappa shape index (κ3) is 2.74. The molecule has 3 nitrogen and oxygen atoms in total. The van der Waals surface area contributed by atoms with Gasteiger partial charge in [-0.15, -0.1) is 11.3 Å². The van der Waals surface area contributed by atoms with E-state index in [1.165, 1.54) is 42.5 Å². The van der Waals surface area contributed by atoms with Crippen molar-refractivity contribution in [1.29, 1.82) is 0 Å². The number of imidazole rings is 1. The Morgan fingerprint density at radius 2 is 1.84 bits per heavy atom. The molecule has 2 aliphatic heterocycles. The Hall–Kier alpha value is -1.91. The van der Waals surface area contributed by atoms with Crippen molar-refractivity contribution in [1.82, 2.24) is 9.55 Å². The van der Waals surface area contributed by atoms with Crippen molar-refractivity contribution in [2.75, 3.05) is 0 Å². The highest BCUT2D eigenvalue weighted by atomic mass is 32.1. The van der Waals surface area contributed by atoms with Crippen molar-refractivity contribution in [3.63, 3.8) is 0 Å². The predicted octanol–water partition coefficient (Wildman–Crippen LogP) is 5.33. The first kappa shape index (κ1) is 15.4. The van der Waals surface area contributed by atoms with E-state index in [1.807, 2.05) is 30.7 Å². The Morgan fingerprint density at radius 3 is 2.52 bits per heavy atom. The molecule has 4 heteroatoms. The molecular formula is C21H22N2OS. The van der Waals surface area contributed by atoms with Gasteiger partial charge in [0.2, 0.25) is 0 Å². The summed E-state index contributed by atoms with van der Waals surface area (Å²) in [6, 6.07) is 11.2. The smallest absolute Gasteiger partial charge is 0.110 e. The molecule has 4 heterocycles. The van der Waals surface area contributed by atoms with Gasteiger partial charge in [-0.05, 0) is 73.2 Å². The molecule has 128 valence electrons. The molecule has 5 rings (SSSR count). The maximum Gasteiger partial charge on any atom is 0.110 e. The van der Waals surface area contributed by atoms with Crippen LogP contribution in [-0.2, 0) is 4.74 Å². The van der Waals surface area contributed by atoms with Crippen LogP contribution in [0, 0.1) is 6.92 Å². The zero-order valence-corrected chi connectivity index (χ0v) is 15.2. The molecular weight excluding hydrogens is 328 g/mol. The van der Waals surface area contributed by atoms with Crippen molar-refractivity contribution in [2.45, 2.75) is 50.7 Å². The fraction of sp³-hybridized carbons (Fsp3) is 0.381. The van der Waals surface area contributed by atoms with Gasteiger partial charge in [0.25, 0.3) is 0 Å². The molecule has 3 aromatic rings. The van der Waals surface area contributed by atoms with Crippen molar-refractivity contribution in [2.24, 2.45) is 0 Å². The molecule has 0 spiro atoms. The molecule has 0 radical (unpaired) electrons. The second-order valence-corrected chi connectivity index (χ2v) is 8.16. The molecule has 25 heavy (non-hydrogen) atoms. The van der Waals surface area contributed by atoms with Gasteiger partial charge in [0.05, 0.1) is 12.2 Å². The fourth-order valence-electron chi connectivity index (χ4n) is 4.40. The Bertz CT molecular complexity index is 867. The molecule has 2 aromatic heterocycles. The quantitative estimate of drug-likeness (QED) is 0.638. The van der Waals surface area contributed by atoms with E-state index < -0.39 is 0 Å². The first-order valence-electron chi connectivity index (χ1n) is 9.11. The lowest BCUT2D eigenvalue weighted by Gasteiger charge is -2.28. The number of rotatable bonds is 3. The topological polar surface area (TPSA) is 27.1 Å². The zero-order chi connectivity index (χ0) is 16.8. The first-order chi connectivity index (χ1) is 12.3. The Morgan fingerprint density at radius 1 is 1.08 bits per heavy atom. The molecule has 2 unspecified atom stereocenters. The number of thiophene rings is 1. The summed E-state index contributed by atoms with van der Waals surface area (Å²) in [4.78, 5) is 5.86. The summed E-state index contributed by atoms with van der Waals surface area (Å²) in [6.45, 7) is 2.03. The van der Waals surface area contributed by atoms with Gasteiger partial charge in [-0.2, -0.15) is 0 Å². The van der Waals surface area contributed by atoms with Crippen LogP contribution in [-0.4, -0.2) is 21.8 Å². The lowest BCUT2D eigenvalue weighted by molar-refractivity contribution is -0.00320. The van der Waals surface area contributed by atoms with Crippen molar-refractivity contribution in [3.05, 3.63) is 58.8 Å². The predicted molar refractivity (Wildman–Crippen MR) is 101 cm³/mol. The van der Waals surface area contributed by atoms with Crippen LogP contribution in [0.5, 0.6) is 0 Å². The Labute approximate surface area is 152 Å². The third-order valence-electron chi connectivity index (χ3n) is 5.64. The van der Waals surface area contributed by atoms with Gasteiger partial charge in [0, 0.05) is 23.0 Å². The summed E-state index contributed by atoms with van der Waals surface area (Å²) >= 11 is 1.92. The summed E-state index contributed by atoms with van der Waals surface area (Å²) in [5.41, 5.74) is 3.89. The normalized spacial score (nSPS) is 25.4. The largest absolute Gasteiger partial charge is 0.375 e. The van der Waals surface area contributed by atoms with Crippen LogP contribution < -0.4 is 0 Å². The molecule has 0 saturated carbocycles. The number of hydrogen-bond acceptors (Lipinski definition) is 3. The molecule has 2 bridgehead atoms. The first-order valence-corrected chi connectivity index (χ1v) is 9.99. The van der Waals surface area contributed by atoms with E-state index in [4.69, 9.17) is 4.74 Å². The molecule has 0 amide bonds. The summed E-state index contributed by atoms with van der Waals surface area (Å²) in [5.74, 6) is 1.68. The molecule has 2 fully saturated rings. The highest BCUT2D eigenvalue weighted by Gasteiger charge is 2.36. The number of aryl methyl sites for hydroxylation is 1. The van der Waals surface area contributed by atoms with Crippen LogP contribution in [0.1, 0.15) is 42.3 Å². The van der Waals surface area contributed by atoms with Gasteiger partial charge in [-0.3, -0.25) is 0 Å². The van der Waals surface area contributed by atoms with Crippen LogP contribution in [0.15, 0.2) is 48.1 Å². The van der Waals surface area contributed by atoms with E-state index in [2.05, 4.69) is 45.3 Å². The molecule has 0 N–H and O–H groups in total. The minimum Gasteiger partial charge on any atom is -0.375 e. The average Bonchev–Trinajstić information content (AvgIpc) is 3.35. The van der Waals surface area contributed by atoms with E-state index in [1.54, 1.807) is 4.88 Å². The van der Waals surface area contributed by atoms with Gasteiger partial charge < -0.3 is 9.30 Å². The van der Waals surface area contributed by atoms with Crippen LogP contribution in [0.25, 0.3) is 16.8 Å². The molecule has 2 atom stereocenters. The van der Waals surface area contributed by atoms with Crippen LogP contribution in [0.4, 0.5) is 0 Å². The Balaban J connectivity index is 1.45. The second-order valence-electron chi connectivity index (χ2n) is 7.22. The van der Waals surface area contributed by atoms with Gasteiger partial charge in [-0.1, -0.05) is 12.1 Å². The van der Waals surface area contributed by atoms with Crippen molar-refractivity contribution in [3.8, 4) is 16.8 Å². The number of hydrogen-bond donors (Lipinski definition) is 0. The highest BCUT2D eigenvalue weighted by Crippen LogP contribution is 2.45. The van der Waals surface area contributed by atoms with E-state index in [9.17, 15) is 0 Å². The van der Waals surface area contributed by atoms with Gasteiger partial charge in [0.15, 0.2) is 0 Å². The molecule has 0 aliphatic carbocycles. The van der Waals surface area contributed by atoms with E-state index in [0.717, 1.165) is 5.82 Å². The van der Waals surface area contributed by atoms with Crippen LogP contribution in [0.3, 0.4) is 0 Å². The lowest BCUT2D eigenvalue weighted by atomic mass is 9.90. The highest BCUT2D eigenvalue weighted by molar-refractivity contribution is 7.10. The zero-order valence-electron chi connectivity index (χ0n) is 14.4. The number of aromatic nitrogens is 2. The van der Waals surface area contributed by atoms with Gasteiger partial charge in [-0.25, -0.2) is 4.98 Å². The van der Waals surface area contributed by atoms with E-state index in [0.29, 0.717) is 18.1 Å². The summed E-state index contributed by atoms with van der Waals surface area (Å²) < 4.78 is 8.15. The van der Waals surface area contributed by atoms with Crippen molar-refractivity contribution < 1.29 is 4.74 Å². The Kier molecular flexibility index (Phi) is 3.75. The maximum absolute atomic E-state index is 6.04. The molecule has 2 aliphatic rings. The van der Waals surface area contributed by atoms with Crippen molar-refractivity contribution >= 4 is 11.3 Å². The van der Waals surface area contributed by atoms with E-state index in [-0.39, 0.29) is 0 Å². The van der Waals surface area contributed by atoms with Gasteiger partial charge >= 0.3 is 0 Å². The van der Waals surface area contributed by atoms with Crippen LogP contribution >= 0.6 is 11.3 Å². The number of ether oxygens (including phenoxy) is 1. The summed E-state index contributed by atoms with van der Waals surface area (Å²) in [5, 5.41) is 2.25. The third-order valence-corrected chi connectivity index (χ3v) is 6.72. The average molecular weight is 350 g/mol. The molecule has 2 saturated heterocycles. The number of benzene rings is 1. The summed E-state index contributed by atoms with van der Waals surface area (Å²) in [6.07, 6.45) is 9.72. The minimum absolute atomic E-state index is 0.491. The molecule has 1 aromatic carbocycles. The van der Waals surface area contributed by atoms with Gasteiger partial charge in [0.1, 0.15) is 5.82 Å². The maximum atomic E-state index is 6.04. The van der Waals surface area contributed by atoms with Crippen LogP contribution in [0.2, 0.25) is 0 Å². The SMILES string of the molecule is Cc1nccn1-c1ccc(-c2ccsc2C2CC3CCC(C2)O3)cc1. The monoisotopic (exact) mass is 350 g/mol. The minimum atomic E-state index is 0.491. The number of nitrogens with zero attached hydrogens (tertiary/aromatic N) is 2. The standard InChI is InChI=1S/C21H22N2OS/c1-14-22-9-10-23(14)17-4-2-15(3-5-17)20-8-11-25-21(20)16-12-18-6-7-19(13-16)24-18/h2-5,8-11,16,18-19H,6-7,12-13H2,1H3. The number of fused-ring (bicyclic) bond motifs is 2. The van der Waals surface area contributed by atoms with E-state index >= 15 is 0 Å². The second kappa shape index (κ2) is 6.11.